The molecule has 1 aliphatic rings. The molecule has 0 amide bonds. The van der Waals surface area contributed by atoms with Crippen molar-refractivity contribution in [2.24, 2.45) is 0 Å². The summed E-state index contributed by atoms with van der Waals surface area (Å²) in [5.74, 6) is 1.37. The summed E-state index contributed by atoms with van der Waals surface area (Å²) in [4.78, 5) is 2.40. The van der Waals surface area contributed by atoms with Crippen molar-refractivity contribution in [3.05, 3.63) is 64.7 Å². The molecule has 1 unspecified atom stereocenters. The third-order valence-corrected chi connectivity index (χ3v) is 4.13. The normalized spacial score (nSPS) is 18.6. The monoisotopic (exact) mass is 267 g/mol. The third kappa shape index (κ3) is 2.44. The van der Waals surface area contributed by atoms with Crippen LogP contribution in [0.2, 0.25) is 0 Å². The molecule has 0 spiro atoms. The quantitative estimate of drug-likeness (QED) is 0.824. The van der Waals surface area contributed by atoms with E-state index in [0.29, 0.717) is 5.92 Å². The van der Waals surface area contributed by atoms with Crippen LogP contribution in [0.25, 0.3) is 0 Å². The fraction of sp³-hybridized carbons (Fsp3) is 0.333. The maximum atomic E-state index is 5.25. The first-order chi connectivity index (χ1) is 9.67. The predicted octanol–water partition coefficient (Wildman–Crippen LogP) is 3.58. The third-order valence-electron chi connectivity index (χ3n) is 4.13. The van der Waals surface area contributed by atoms with E-state index in [1.807, 2.05) is 0 Å². The summed E-state index contributed by atoms with van der Waals surface area (Å²) in [5.41, 5.74) is 5.63. The van der Waals surface area contributed by atoms with Crippen molar-refractivity contribution in [1.82, 2.24) is 4.90 Å². The topological polar surface area (TPSA) is 12.5 Å². The average molecular weight is 267 g/mol. The average Bonchev–Trinajstić information content (AvgIpc) is 2.46. The molecule has 0 fully saturated rings. The number of aryl methyl sites for hydroxylation is 1. The van der Waals surface area contributed by atoms with E-state index in [1.165, 1.54) is 22.3 Å². The predicted molar refractivity (Wildman–Crippen MR) is 82.4 cm³/mol. The van der Waals surface area contributed by atoms with Gasteiger partial charge < -0.3 is 9.64 Å². The van der Waals surface area contributed by atoms with Crippen molar-refractivity contribution in [2.75, 3.05) is 20.7 Å². The number of ether oxygens (including phenoxy) is 1. The Balaban J connectivity index is 2.01. The van der Waals surface area contributed by atoms with Gasteiger partial charge in [-0.15, -0.1) is 0 Å². The molecule has 0 saturated heterocycles. The van der Waals surface area contributed by atoms with Crippen molar-refractivity contribution >= 4 is 0 Å². The van der Waals surface area contributed by atoms with E-state index in [2.05, 4.69) is 61.3 Å². The number of methoxy groups -OCH3 is 1. The minimum Gasteiger partial charge on any atom is -0.497 e. The van der Waals surface area contributed by atoms with E-state index in [4.69, 9.17) is 4.74 Å². The first-order valence-electron chi connectivity index (χ1n) is 7.09. The molecule has 104 valence electrons. The fourth-order valence-corrected chi connectivity index (χ4v) is 3.10. The van der Waals surface area contributed by atoms with Crippen LogP contribution in [-0.4, -0.2) is 25.6 Å². The van der Waals surface area contributed by atoms with Gasteiger partial charge in [0.05, 0.1) is 7.11 Å². The molecule has 3 rings (SSSR count). The van der Waals surface area contributed by atoms with E-state index >= 15 is 0 Å². The van der Waals surface area contributed by atoms with E-state index in [0.717, 1.165) is 18.8 Å². The fourth-order valence-electron chi connectivity index (χ4n) is 3.10. The summed E-state index contributed by atoms with van der Waals surface area (Å²) < 4.78 is 5.25. The van der Waals surface area contributed by atoms with Gasteiger partial charge in [-0.2, -0.15) is 0 Å². The van der Waals surface area contributed by atoms with Crippen LogP contribution in [0, 0.1) is 6.92 Å². The minimum absolute atomic E-state index is 0.454. The highest BCUT2D eigenvalue weighted by molar-refractivity contribution is 5.43. The summed E-state index contributed by atoms with van der Waals surface area (Å²) in [5, 5.41) is 0. The number of benzene rings is 2. The smallest absolute Gasteiger partial charge is 0.118 e. The van der Waals surface area contributed by atoms with Gasteiger partial charge in [-0.1, -0.05) is 35.9 Å². The first-order valence-corrected chi connectivity index (χ1v) is 7.09. The van der Waals surface area contributed by atoms with Crippen LogP contribution in [0.5, 0.6) is 5.75 Å². The molecule has 0 radical (unpaired) electrons. The van der Waals surface area contributed by atoms with Crippen molar-refractivity contribution in [1.29, 1.82) is 0 Å². The van der Waals surface area contributed by atoms with Crippen LogP contribution in [0.1, 0.15) is 28.2 Å². The van der Waals surface area contributed by atoms with Crippen LogP contribution in [-0.2, 0) is 6.54 Å². The molecule has 2 heteroatoms. The number of fused-ring (bicyclic) bond motifs is 1. The molecule has 2 aromatic carbocycles. The van der Waals surface area contributed by atoms with Gasteiger partial charge in [0.15, 0.2) is 0 Å². The Morgan fingerprint density at radius 1 is 1.10 bits per heavy atom. The Labute approximate surface area is 121 Å². The molecule has 0 saturated carbocycles. The standard InChI is InChI=1S/C18H21NO/c1-13-4-9-17-15(10-13)11-19(2)12-18(17)14-5-7-16(20-3)8-6-14/h4-10,18H,11-12H2,1-3H3. The first kappa shape index (κ1) is 13.2. The largest absolute Gasteiger partial charge is 0.497 e. The number of likely N-dealkylation sites (N-methyl/N-ethyl adjacent to an activating group) is 1. The Morgan fingerprint density at radius 3 is 2.55 bits per heavy atom. The van der Waals surface area contributed by atoms with Gasteiger partial charge in [0, 0.05) is 19.0 Å². The highest BCUT2D eigenvalue weighted by atomic mass is 16.5. The summed E-state index contributed by atoms with van der Waals surface area (Å²) in [6.07, 6.45) is 0. The van der Waals surface area contributed by atoms with Crippen LogP contribution < -0.4 is 4.74 Å². The second-order valence-electron chi connectivity index (χ2n) is 5.72. The molecule has 0 aromatic heterocycles. The number of hydrogen-bond acceptors (Lipinski definition) is 2. The number of rotatable bonds is 2. The van der Waals surface area contributed by atoms with Crippen molar-refractivity contribution < 1.29 is 4.74 Å². The van der Waals surface area contributed by atoms with Gasteiger partial charge in [0.25, 0.3) is 0 Å². The van der Waals surface area contributed by atoms with Gasteiger partial charge >= 0.3 is 0 Å². The highest BCUT2D eigenvalue weighted by Gasteiger charge is 2.24. The lowest BCUT2D eigenvalue weighted by Gasteiger charge is -2.33. The van der Waals surface area contributed by atoms with Gasteiger partial charge in [0.1, 0.15) is 5.75 Å². The van der Waals surface area contributed by atoms with Crippen LogP contribution in [0.15, 0.2) is 42.5 Å². The second-order valence-corrected chi connectivity index (χ2v) is 5.72. The molecule has 2 aromatic rings. The molecule has 2 nitrogen and oxygen atoms in total. The lowest BCUT2D eigenvalue weighted by Crippen LogP contribution is -2.31. The SMILES string of the molecule is COc1ccc(C2CN(C)Cc3cc(C)ccc32)cc1. The highest BCUT2D eigenvalue weighted by Crippen LogP contribution is 2.34. The summed E-state index contributed by atoms with van der Waals surface area (Å²) in [6, 6.07) is 15.3. The van der Waals surface area contributed by atoms with Crippen molar-refractivity contribution in [3.63, 3.8) is 0 Å². The lowest BCUT2D eigenvalue weighted by atomic mass is 9.84. The van der Waals surface area contributed by atoms with E-state index in [-0.39, 0.29) is 0 Å². The van der Waals surface area contributed by atoms with E-state index in [9.17, 15) is 0 Å². The number of hydrogen-bond donors (Lipinski definition) is 0. The summed E-state index contributed by atoms with van der Waals surface area (Å²) >= 11 is 0. The zero-order chi connectivity index (χ0) is 14.1. The molecule has 1 heterocycles. The lowest BCUT2D eigenvalue weighted by molar-refractivity contribution is 0.295. The van der Waals surface area contributed by atoms with Gasteiger partial charge in [-0.3, -0.25) is 0 Å². The maximum Gasteiger partial charge on any atom is 0.118 e. The summed E-state index contributed by atoms with van der Waals surface area (Å²) in [7, 11) is 3.91. The van der Waals surface area contributed by atoms with Crippen LogP contribution >= 0.6 is 0 Å². The van der Waals surface area contributed by atoms with Crippen molar-refractivity contribution in [2.45, 2.75) is 19.4 Å². The second kappa shape index (κ2) is 5.29. The van der Waals surface area contributed by atoms with Gasteiger partial charge in [0.2, 0.25) is 0 Å². The Bertz CT molecular complexity index is 603. The minimum atomic E-state index is 0.454. The molecule has 0 bridgehead atoms. The molecule has 0 N–H and O–H groups in total. The van der Waals surface area contributed by atoms with Crippen LogP contribution in [0.4, 0.5) is 0 Å². The molecule has 20 heavy (non-hydrogen) atoms. The molecule has 0 aliphatic carbocycles. The molecular formula is C18H21NO. The van der Waals surface area contributed by atoms with E-state index in [1.54, 1.807) is 7.11 Å². The Kier molecular flexibility index (Phi) is 3.49. The zero-order valence-corrected chi connectivity index (χ0v) is 12.4. The van der Waals surface area contributed by atoms with E-state index < -0.39 is 0 Å². The summed E-state index contributed by atoms with van der Waals surface area (Å²) in [6.45, 7) is 4.28. The van der Waals surface area contributed by atoms with Crippen molar-refractivity contribution in [3.8, 4) is 5.75 Å². The van der Waals surface area contributed by atoms with Crippen LogP contribution in [0.3, 0.4) is 0 Å². The maximum absolute atomic E-state index is 5.25. The Hall–Kier alpha value is -1.80. The molecular weight excluding hydrogens is 246 g/mol. The Morgan fingerprint density at radius 2 is 1.85 bits per heavy atom. The molecule has 1 aliphatic heterocycles. The molecule has 1 atom stereocenters. The van der Waals surface area contributed by atoms with Gasteiger partial charge in [-0.25, -0.2) is 0 Å². The van der Waals surface area contributed by atoms with Gasteiger partial charge in [-0.05, 0) is 42.8 Å². The number of nitrogens with zero attached hydrogens (tertiary/aromatic N) is 1. The zero-order valence-electron chi connectivity index (χ0n) is 12.4.